The van der Waals surface area contributed by atoms with Crippen molar-refractivity contribution in [2.75, 3.05) is 0 Å². The van der Waals surface area contributed by atoms with Gasteiger partial charge in [0, 0.05) is 0 Å². The maximum atomic E-state index is 12.0. The Morgan fingerprint density at radius 2 is 1.91 bits per heavy atom. The largest absolute Gasteiger partial charge is 0.504 e. The first kappa shape index (κ1) is 15.2. The number of amidine groups is 1. The topological polar surface area (TPSA) is 81.9 Å². The molecule has 3 rings (SSSR count). The van der Waals surface area contributed by atoms with Crippen molar-refractivity contribution in [3.05, 3.63) is 58.5 Å². The predicted octanol–water partition coefficient (Wildman–Crippen LogP) is 3.30. The van der Waals surface area contributed by atoms with Crippen LogP contribution >= 0.6 is 11.8 Å². The maximum absolute atomic E-state index is 12.0. The molecule has 0 aromatic heterocycles. The summed E-state index contributed by atoms with van der Waals surface area (Å²) in [5.74, 6) is -0.663. The maximum Gasteiger partial charge on any atom is 0.264 e. The summed E-state index contributed by atoms with van der Waals surface area (Å²) < 4.78 is 0. The summed E-state index contributed by atoms with van der Waals surface area (Å²) in [7, 11) is 0. The lowest BCUT2D eigenvalue weighted by Crippen LogP contribution is -2.19. The van der Waals surface area contributed by atoms with Crippen LogP contribution in [0.25, 0.3) is 6.08 Å². The average molecular weight is 326 g/mol. The van der Waals surface area contributed by atoms with Crippen molar-refractivity contribution in [2.45, 2.75) is 6.92 Å². The van der Waals surface area contributed by atoms with E-state index in [4.69, 9.17) is 0 Å². The fourth-order valence-corrected chi connectivity index (χ4v) is 2.90. The molecule has 0 bridgehead atoms. The molecule has 0 aliphatic carbocycles. The summed E-state index contributed by atoms with van der Waals surface area (Å²) in [5.41, 5.74) is 2.45. The number of nitrogens with one attached hydrogen (secondary N) is 1. The third-order valence-corrected chi connectivity index (χ3v) is 4.20. The summed E-state index contributed by atoms with van der Waals surface area (Å²) in [4.78, 5) is 16.9. The van der Waals surface area contributed by atoms with Crippen molar-refractivity contribution in [3.63, 3.8) is 0 Å². The second-order valence-corrected chi connectivity index (χ2v) is 6.05. The minimum Gasteiger partial charge on any atom is -0.504 e. The van der Waals surface area contributed by atoms with Crippen molar-refractivity contribution in [1.82, 2.24) is 5.32 Å². The van der Waals surface area contributed by atoms with Gasteiger partial charge in [0.1, 0.15) is 0 Å². The number of carbonyl (C=O) groups excluding carboxylic acids is 1. The SMILES string of the molecule is Cc1ccccc1N=C1NC(=O)C(=Cc2ccc(O)c(O)c2)S1. The first-order chi connectivity index (χ1) is 11.0. The standard InChI is InChI=1S/C17H14N2O3S/c1-10-4-2-3-5-12(10)18-17-19-16(22)15(23-17)9-11-6-7-13(20)14(21)8-11/h2-9,20-21H,1H3,(H,18,19,22). The summed E-state index contributed by atoms with van der Waals surface area (Å²) in [5, 5.41) is 22.1. The molecule has 1 aliphatic heterocycles. The second-order valence-electron chi connectivity index (χ2n) is 5.02. The van der Waals surface area contributed by atoms with Gasteiger partial charge in [-0.3, -0.25) is 4.79 Å². The second kappa shape index (κ2) is 6.18. The number of hydrogen-bond donors (Lipinski definition) is 3. The molecule has 23 heavy (non-hydrogen) atoms. The molecule has 1 fully saturated rings. The molecule has 5 nitrogen and oxygen atoms in total. The number of phenolic OH excluding ortho intramolecular Hbond substituents is 2. The van der Waals surface area contributed by atoms with Crippen LogP contribution in [0.5, 0.6) is 11.5 Å². The molecular formula is C17H14N2O3S. The molecule has 2 aromatic carbocycles. The lowest BCUT2D eigenvalue weighted by atomic mass is 10.2. The van der Waals surface area contributed by atoms with Crippen LogP contribution in [-0.4, -0.2) is 21.3 Å². The number of carbonyl (C=O) groups is 1. The average Bonchev–Trinajstić information content (AvgIpc) is 2.85. The highest BCUT2D eigenvalue weighted by atomic mass is 32.2. The monoisotopic (exact) mass is 326 g/mol. The van der Waals surface area contributed by atoms with Crippen LogP contribution in [0.1, 0.15) is 11.1 Å². The van der Waals surface area contributed by atoms with Crippen molar-refractivity contribution >= 4 is 34.6 Å². The van der Waals surface area contributed by atoms with Crippen LogP contribution in [-0.2, 0) is 4.79 Å². The summed E-state index contributed by atoms with van der Waals surface area (Å²) >= 11 is 1.23. The van der Waals surface area contributed by atoms with Crippen LogP contribution in [0.3, 0.4) is 0 Å². The minimum absolute atomic E-state index is 0.197. The van der Waals surface area contributed by atoms with Gasteiger partial charge in [-0.15, -0.1) is 0 Å². The summed E-state index contributed by atoms with van der Waals surface area (Å²) in [6, 6.07) is 12.1. The van der Waals surface area contributed by atoms with Gasteiger partial charge in [0.2, 0.25) is 0 Å². The highest BCUT2D eigenvalue weighted by molar-refractivity contribution is 8.18. The molecule has 6 heteroatoms. The van der Waals surface area contributed by atoms with Crippen LogP contribution in [0.4, 0.5) is 5.69 Å². The van der Waals surface area contributed by atoms with Gasteiger partial charge in [-0.1, -0.05) is 24.3 Å². The molecular weight excluding hydrogens is 312 g/mol. The molecule has 0 unspecified atom stereocenters. The number of phenols is 2. The van der Waals surface area contributed by atoms with Crippen molar-refractivity contribution in [2.24, 2.45) is 4.99 Å². The Kier molecular flexibility index (Phi) is 4.08. The number of aliphatic imine (C=N–C) groups is 1. The van der Waals surface area contributed by atoms with E-state index in [1.807, 2.05) is 31.2 Å². The molecule has 0 radical (unpaired) electrons. The number of nitrogens with zero attached hydrogens (tertiary/aromatic N) is 1. The molecule has 116 valence electrons. The van der Waals surface area contributed by atoms with E-state index in [0.717, 1.165) is 11.3 Å². The van der Waals surface area contributed by atoms with E-state index >= 15 is 0 Å². The van der Waals surface area contributed by atoms with E-state index in [1.165, 1.54) is 23.9 Å². The lowest BCUT2D eigenvalue weighted by Gasteiger charge is -2.00. The number of thioether (sulfide) groups is 1. The Hall–Kier alpha value is -2.73. The van der Waals surface area contributed by atoms with Gasteiger partial charge in [0.25, 0.3) is 5.91 Å². The molecule has 0 atom stereocenters. The molecule has 1 amide bonds. The van der Waals surface area contributed by atoms with Gasteiger partial charge in [-0.2, -0.15) is 0 Å². The number of rotatable bonds is 2. The zero-order valence-corrected chi connectivity index (χ0v) is 13.1. The van der Waals surface area contributed by atoms with Gasteiger partial charge in [-0.05, 0) is 54.1 Å². The first-order valence-corrected chi connectivity index (χ1v) is 7.72. The van der Waals surface area contributed by atoms with Crippen molar-refractivity contribution < 1.29 is 15.0 Å². The molecule has 1 saturated heterocycles. The molecule has 0 saturated carbocycles. The Morgan fingerprint density at radius 3 is 2.65 bits per heavy atom. The number of benzene rings is 2. The van der Waals surface area contributed by atoms with Crippen LogP contribution < -0.4 is 5.32 Å². The van der Waals surface area contributed by atoms with E-state index in [0.29, 0.717) is 15.6 Å². The van der Waals surface area contributed by atoms with Gasteiger partial charge in [0.15, 0.2) is 16.7 Å². The summed E-state index contributed by atoms with van der Waals surface area (Å²) in [6.45, 7) is 1.96. The Balaban J connectivity index is 1.86. The van der Waals surface area contributed by atoms with Gasteiger partial charge in [0.05, 0.1) is 10.6 Å². The number of aromatic hydroxyl groups is 2. The van der Waals surface area contributed by atoms with Crippen molar-refractivity contribution in [1.29, 1.82) is 0 Å². The molecule has 1 heterocycles. The third kappa shape index (κ3) is 3.37. The number of hydrogen-bond acceptors (Lipinski definition) is 5. The molecule has 3 N–H and O–H groups in total. The smallest absolute Gasteiger partial charge is 0.264 e. The highest BCUT2D eigenvalue weighted by Gasteiger charge is 2.24. The Labute approximate surface area is 137 Å². The zero-order valence-electron chi connectivity index (χ0n) is 12.3. The Bertz CT molecular complexity index is 843. The van der Waals surface area contributed by atoms with E-state index in [9.17, 15) is 15.0 Å². The number of para-hydroxylation sites is 1. The quantitative estimate of drug-likeness (QED) is 0.584. The number of amides is 1. The fourth-order valence-electron chi connectivity index (χ4n) is 2.06. The van der Waals surface area contributed by atoms with Crippen LogP contribution in [0.15, 0.2) is 52.4 Å². The van der Waals surface area contributed by atoms with E-state index < -0.39 is 0 Å². The minimum atomic E-state index is -0.241. The lowest BCUT2D eigenvalue weighted by molar-refractivity contribution is -0.115. The van der Waals surface area contributed by atoms with Crippen LogP contribution in [0.2, 0.25) is 0 Å². The number of aryl methyl sites for hydroxylation is 1. The Morgan fingerprint density at radius 1 is 1.13 bits per heavy atom. The molecule has 0 spiro atoms. The third-order valence-electron chi connectivity index (χ3n) is 3.29. The zero-order chi connectivity index (χ0) is 16.4. The van der Waals surface area contributed by atoms with Gasteiger partial charge < -0.3 is 15.5 Å². The van der Waals surface area contributed by atoms with E-state index in [1.54, 1.807) is 12.1 Å². The molecule has 1 aliphatic rings. The fraction of sp³-hybridized carbons (Fsp3) is 0.0588. The van der Waals surface area contributed by atoms with Gasteiger partial charge in [-0.25, -0.2) is 4.99 Å². The molecule has 2 aromatic rings. The summed E-state index contributed by atoms with van der Waals surface area (Å²) in [6.07, 6.45) is 1.64. The highest BCUT2D eigenvalue weighted by Crippen LogP contribution is 2.31. The van der Waals surface area contributed by atoms with E-state index in [-0.39, 0.29) is 17.4 Å². The predicted molar refractivity (Wildman–Crippen MR) is 91.8 cm³/mol. The normalized spacial score (nSPS) is 17.7. The van der Waals surface area contributed by atoms with Gasteiger partial charge >= 0.3 is 0 Å². The van der Waals surface area contributed by atoms with Crippen molar-refractivity contribution in [3.8, 4) is 11.5 Å². The van der Waals surface area contributed by atoms with E-state index in [2.05, 4.69) is 10.3 Å². The first-order valence-electron chi connectivity index (χ1n) is 6.90. The van der Waals surface area contributed by atoms with Crippen LogP contribution in [0, 0.1) is 6.92 Å².